The summed E-state index contributed by atoms with van der Waals surface area (Å²) >= 11 is 9.63. The first-order valence-electron chi connectivity index (χ1n) is 6.58. The lowest BCUT2D eigenvalue weighted by atomic mass is 10.1. The molecule has 2 aromatic carbocycles. The number of nitrogens with zero attached hydrogens (tertiary/aromatic N) is 1. The fraction of sp³-hybridized carbons (Fsp3) is 0.250. The number of hydrogen-bond donors (Lipinski definition) is 0. The van der Waals surface area contributed by atoms with Crippen molar-refractivity contribution in [3.8, 4) is 5.75 Å². The monoisotopic (exact) mass is 351 g/mol. The second-order valence-electron chi connectivity index (χ2n) is 4.78. The number of rotatable bonds is 2. The molecule has 0 spiro atoms. The first-order chi connectivity index (χ1) is 9.78. The van der Waals surface area contributed by atoms with Crippen molar-refractivity contribution in [1.29, 1.82) is 0 Å². The summed E-state index contributed by atoms with van der Waals surface area (Å²) in [6, 6.07) is 14.3. The molecule has 0 fully saturated rings. The summed E-state index contributed by atoms with van der Waals surface area (Å²) in [6.45, 7) is 2.43. The van der Waals surface area contributed by atoms with Crippen LogP contribution < -0.4 is 9.64 Å². The van der Waals surface area contributed by atoms with Crippen LogP contribution in [0.15, 0.2) is 42.5 Å². The van der Waals surface area contributed by atoms with Gasteiger partial charge in [0, 0.05) is 28.1 Å². The highest BCUT2D eigenvalue weighted by molar-refractivity contribution is 9.08. The van der Waals surface area contributed by atoms with Crippen molar-refractivity contribution in [3.05, 3.63) is 58.6 Å². The molecule has 0 N–H and O–H groups in total. The third-order valence-electron chi connectivity index (χ3n) is 3.48. The van der Waals surface area contributed by atoms with Crippen molar-refractivity contribution < 1.29 is 4.74 Å². The number of fused-ring (bicyclic) bond motifs is 1. The Hall–Kier alpha value is -1.19. The molecule has 0 atom stereocenters. The topological polar surface area (TPSA) is 12.5 Å². The summed E-state index contributed by atoms with van der Waals surface area (Å²) in [5.74, 6) is 0.990. The molecule has 0 saturated carbocycles. The summed E-state index contributed by atoms with van der Waals surface area (Å²) in [5, 5.41) is 1.57. The smallest absolute Gasteiger partial charge is 0.124 e. The van der Waals surface area contributed by atoms with Crippen LogP contribution in [0.5, 0.6) is 5.75 Å². The highest BCUT2D eigenvalue weighted by Gasteiger charge is 2.17. The summed E-state index contributed by atoms with van der Waals surface area (Å²) in [7, 11) is 0. The highest BCUT2D eigenvalue weighted by Crippen LogP contribution is 2.30. The number of hydrogen-bond acceptors (Lipinski definition) is 2. The molecule has 0 radical (unpaired) electrons. The molecule has 0 aliphatic carbocycles. The molecule has 104 valence electrons. The van der Waals surface area contributed by atoms with Crippen LogP contribution in [0.25, 0.3) is 0 Å². The highest BCUT2D eigenvalue weighted by atomic mass is 79.9. The first-order valence-corrected chi connectivity index (χ1v) is 8.08. The van der Waals surface area contributed by atoms with Gasteiger partial charge in [-0.25, -0.2) is 0 Å². The standard InChI is InChI=1S/C16H15BrClNO/c17-10-13-9-14(18)5-6-15(13)19-7-8-20-16-4-2-1-3-12(16)11-19/h1-6,9H,7-8,10-11H2. The van der Waals surface area contributed by atoms with Gasteiger partial charge in [0.05, 0.1) is 6.54 Å². The van der Waals surface area contributed by atoms with Gasteiger partial charge in [0.25, 0.3) is 0 Å². The molecule has 2 nitrogen and oxygen atoms in total. The van der Waals surface area contributed by atoms with E-state index >= 15 is 0 Å². The number of benzene rings is 2. The van der Waals surface area contributed by atoms with E-state index in [-0.39, 0.29) is 0 Å². The first kappa shape index (κ1) is 13.8. The molecule has 0 bridgehead atoms. The normalized spacial score (nSPS) is 14.4. The van der Waals surface area contributed by atoms with Gasteiger partial charge in [-0.15, -0.1) is 0 Å². The zero-order valence-electron chi connectivity index (χ0n) is 11.0. The van der Waals surface area contributed by atoms with E-state index in [9.17, 15) is 0 Å². The van der Waals surface area contributed by atoms with Crippen LogP contribution in [-0.4, -0.2) is 13.2 Å². The fourth-order valence-corrected chi connectivity index (χ4v) is 3.14. The predicted molar refractivity (Wildman–Crippen MR) is 87.1 cm³/mol. The van der Waals surface area contributed by atoms with Gasteiger partial charge in [-0.3, -0.25) is 0 Å². The molecular formula is C16H15BrClNO. The van der Waals surface area contributed by atoms with Crippen molar-refractivity contribution in [1.82, 2.24) is 0 Å². The summed E-state index contributed by atoms with van der Waals surface area (Å²) in [5.41, 5.74) is 3.64. The average molecular weight is 353 g/mol. The van der Waals surface area contributed by atoms with E-state index in [1.165, 1.54) is 16.8 Å². The lowest BCUT2D eigenvalue weighted by Gasteiger charge is -2.24. The van der Waals surface area contributed by atoms with Crippen molar-refractivity contribution in [3.63, 3.8) is 0 Å². The molecule has 4 heteroatoms. The van der Waals surface area contributed by atoms with Crippen LogP contribution in [0.4, 0.5) is 5.69 Å². The molecular weight excluding hydrogens is 338 g/mol. The molecule has 0 amide bonds. The second kappa shape index (κ2) is 6.06. The van der Waals surface area contributed by atoms with Crippen LogP contribution in [0.3, 0.4) is 0 Å². The molecule has 1 aliphatic rings. The Bertz CT molecular complexity index is 617. The Balaban J connectivity index is 1.95. The maximum absolute atomic E-state index is 6.08. The minimum absolute atomic E-state index is 0.696. The summed E-state index contributed by atoms with van der Waals surface area (Å²) < 4.78 is 5.82. The van der Waals surface area contributed by atoms with Gasteiger partial charge in [-0.1, -0.05) is 45.7 Å². The van der Waals surface area contributed by atoms with Crippen LogP contribution in [0, 0.1) is 0 Å². The van der Waals surface area contributed by atoms with Crippen molar-refractivity contribution in [2.24, 2.45) is 0 Å². The number of halogens is 2. The van der Waals surface area contributed by atoms with Gasteiger partial charge in [0.15, 0.2) is 0 Å². The van der Waals surface area contributed by atoms with Gasteiger partial charge in [-0.2, -0.15) is 0 Å². The van der Waals surface area contributed by atoms with Gasteiger partial charge in [0.1, 0.15) is 12.4 Å². The quantitative estimate of drug-likeness (QED) is 0.730. The van der Waals surface area contributed by atoms with E-state index < -0.39 is 0 Å². The molecule has 1 heterocycles. The minimum atomic E-state index is 0.696. The van der Waals surface area contributed by atoms with E-state index in [0.29, 0.717) is 6.61 Å². The number of alkyl halides is 1. The van der Waals surface area contributed by atoms with Crippen LogP contribution in [0.1, 0.15) is 11.1 Å². The molecule has 0 aromatic heterocycles. The Morgan fingerprint density at radius 1 is 1.20 bits per heavy atom. The van der Waals surface area contributed by atoms with Gasteiger partial charge in [0.2, 0.25) is 0 Å². The van der Waals surface area contributed by atoms with Crippen LogP contribution in [-0.2, 0) is 11.9 Å². The van der Waals surface area contributed by atoms with Crippen molar-refractivity contribution in [2.45, 2.75) is 11.9 Å². The third kappa shape index (κ3) is 2.79. The maximum atomic E-state index is 6.08. The summed E-state index contributed by atoms with van der Waals surface area (Å²) in [4.78, 5) is 2.35. The lowest BCUT2D eigenvalue weighted by molar-refractivity contribution is 0.331. The number of ether oxygens (including phenoxy) is 1. The average Bonchev–Trinajstić information content (AvgIpc) is 2.69. The zero-order valence-corrected chi connectivity index (χ0v) is 13.3. The van der Waals surface area contributed by atoms with E-state index in [1.54, 1.807) is 0 Å². The van der Waals surface area contributed by atoms with E-state index in [2.05, 4.69) is 39.0 Å². The Morgan fingerprint density at radius 2 is 2.05 bits per heavy atom. The van der Waals surface area contributed by atoms with Crippen molar-refractivity contribution in [2.75, 3.05) is 18.1 Å². The molecule has 2 aromatic rings. The molecule has 3 rings (SSSR count). The maximum Gasteiger partial charge on any atom is 0.124 e. The van der Waals surface area contributed by atoms with E-state index in [0.717, 1.165) is 29.2 Å². The second-order valence-corrected chi connectivity index (χ2v) is 5.78. The van der Waals surface area contributed by atoms with E-state index in [1.807, 2.05) is 24.3 Å². The van der Waals surface area contributed by atoms with Crippen LogP contribution >= 0.6 is 27.5 Å². The lowest BCUT2D eigenvalue weighted by Crippen LogP contribution is -2.26. The Morgan fingerprint density at radius 3 is 2.90 bits per heavy atom. The van der Waals surface area contributed by atoms with E-state index in [4.69, 9.17) is 16.3 Å². The fourth-order valence-electron chi connectivity index (χ4n) is 2.50. The third-order valence-corrected chi connectivity index (χ3v) is 4.32. The molecule has 0 saturated heterocycles. The minimum Gasteiger partial charge on any atom is -0.491 e. The van der Waals surface area contributed by atoms with Crippen LogP contribution in [0.2, 0.25) is 5.02 Å². The van der Waals surface area contributed by atoms with Gasteiger partial charge >= 0.3 is 0 Å². The van der Waals surface area contributed by atoms with Crippen molar-refractivity contribution >= 4 is 33.2 Å². The molecule has 1 aliphatic heterocycles. The van der Waals surface area contributed by atoms with Gasteiger partial charge in [-0.05, 0) is 29.8 Å². The Labute approximate surface area is 132 Å². The Kier molecular flexibility index (Phi) is 4.18. The number of para-hydroxylation sites is 1. The number of anilines is 1. The largest absolute Gasteiger partial charge is 0.491 e. The predicted octanol–water partition coefficient (Wildman–Crippen LogP) is 4.63. The zero-order chi connectivity index (χ0) is 13.9. The SMILES string of the molecule is Clc1ccc(N2CCOc3ccccc3C2)c(CBr)c1. The molecule has 0 unspecified atom stereocenters. The molecule has 20 heavy (non-hydrogen) atoms. The summed E-state index contributed by atoms with van der Waals surface area (Å²) in [6.07, 6.45) is 0. The van der Waals surface area contributed by atoms with Gasteiger partial charge < -0.3 is 9.64 Å².